The van der Waals surface area contributed by atoms with E-state index >= 15 is 0 Å². The first kappa shape index (κ1) is 9.40. The van der Waals surface area contributed by atoms with Gasteiger partial charge in [-0.05, 0) is 37.3 Å². The van der Waals surface area contributed by atoms with Gasteiger partial charge < -0.3 is 10.4 Å². The lowest BCUT2D eigenvalue weighted by atomic mass is 10.2. The highest BCUT2D eigenvalue weighted by molar-refractivity contribution is 5.35. The topological polar surface area (TPSA) is 58.0 Å². The number of rotatable bonds is 4. The smallest absolute Gasteiger partial charge is 0.148 e. The molecule has 1 saturated carbocycles. The van der Waals surface area contributed by atoms with Crippen LogP contribution in [0.25, 0.3) is 0 Å². The van der Waals surface area contributed by atoms with E-state index in [1.54, 1.807) is 6.20 Å². The van der Waals surface area contributed by atoms with Crippen molar-refractivity contribution in [3.05, 3.63) is 17.8 Å². The van der Waals surface area contributed by atoms with Gasteiger partial charge in [0.25, 0.3) is 0 Å². The second-order valence-electron chi connectivity index (χ2n) is 3.90. The first-order valence-electron chi connectivity index (χ1n) is 4.97. The minimum Gasteiger partial charge on any atom is -0.391 e. The number of aryl methyl sites for hydroxylation is 1. The van der Waals surface area contributed by atoms with Gasteiger partial charge in [0, 0.05) is 6.54 Å². The van der Waals surface area contributed by atoms with Gasteiger partial charge in [-0.1, -0.05) is 0 Å². The van der Waals surface area contributed by atoms with Gasteiger partial charge in [-0.25, -0.2) is 0 Å². The maximum atomic E-state index is 9.61. The van der Waals surface area contributed by atoms with Crippen LogP contribution < -0.4 is 5.32 Å². The fourth-order valence-electron chi connectivity index (χ4n) is 1.41. The zero-order chi connectivity index (χ0) is 9.97. The molecule has 0 aromatic carbocycles. The number of nitrogens with zero attached hydrogens (tertiary/aromatic N) is 2. The maximum absolute atomic E-state index is 9.61. The fraction of sp³-hybridized carbons (Fsp3) is 0.600. The zero-order valence-corrected chi connectivity index (χ0v) is 8.27. The van der Waals surface area contributed by atoms with Gasteiger partial charge in [-0.2, -0.15) is 5.10 Å². The van der Waals surface area contributed by atoms with E-state index < -0.39 is 0 Å². The molecule has 76 valence electrons. The molecular weight excluding hydrogens is 178 g/mol. The van der Waals surface area contributed by atoms with E-state index in [4.69, 9.17) is 0 Å². The van der Waals surface area contributed by atoms with E-state index in [2.05, 4.69) is 15.5 Å². The summed E-state index contributed by atoms with van der Waals surface area (Å²) in [5.74, 6) is 1.24. The molecular formula is C10H15N3O. The normalized spacial score (nSPS) is 17.9. The van der Waals surface area contributed by atoms with Crippen molar-refractivity contribution in [3.8, 4) is 0 Å². The molecule has 1 aliphatic rings. The van der Waals surface area contributed by atoms with Crippen molar-refractivity contribution in [3.63, 3.8) is 0 Å². The van der Waals surface area contributed by atoms with E-state index in [9.17, 15) is 5.11 Å². The van der Waals surface area contributed by atoms with Crippen molar-refractivity contribution in [2.24, 2.45) is 5.92 Å². The molecule has 1 unspecified atom stereocenters. The van der Waals surface area contributed by atoms with Crippen LogP contribution in [-0.4, -0.2) is 28.0 Å². The lowest BCUT2D eigenvalue weighted by molar-refractivity contribution is 0.164. The van der Waals surface area contributed by atoms with Gasteiger partial charge in [0.1, 0.15) is 5.82 Å². The molecule has 2 N–H and O–H groups in total. The number of aromatic nitrogens is 2. The van der Waals surface area contributed by atoms with E-state index in [0.29, 0.717) is 12.5 Å². The Labute approximate surface area is 83.4 Å². The summed E-state index contributed by atoms with van der Waals surface area (Å²) in [6.07, 6.45) is 3.78. The van der Waals surface area contributed by atoms with Crippen LogP contribution >= 0.6 is 0 Å². The molecule has 1 atom stereocenters. The number of aliphatic hydroxyl groups excluding tert-OH is 1. The molecule has 1 heterocycles. The van der Waals surface area contributed by atoms with Crippen LogP contribution in [-0.2, 0) is 0 Å². The Morgan fingerprint density at radius 3 is 3.07 bits per heavy atom. The van der Waals surface area contributed by atoms with Gasteiger partial charge in [-0.15, -0.1) is 5.10 Å². The van der Waals surface area contributed by atoms with Crippen LogP contribution in [0.5, 0.6) is 0 Å². The van der Waals surface area contributed by atoms with Gasteiger partial charge >= 0.3 is 0 Å². The molecule has 4 nitrogen and oxygen atoms in total. The molecule has 0 spiro atoms. The second-order valence-corrected chi connectivity index (χ2v) is 3.90. The molecule has 0 aliphatic heterocycles. The van der Waals surface area contributed by atoms with Crippen molar-refractivity contribution < 1.29 is 5.11 Å². The van der Waals surface area contributed by atoms with E-state index in [-0.39, 0.29) is 6.10 Å². The molecule has 0 amide bonds. The van der Waals surface area contributed by atoms with Crippen molar-refractivity contribution in [1.29, 1.82) is 0 Å². The summed E-state index contributed by atoms with van der Waals surface area (Å²) in [4.78, 5) is 0. The molecule has 4 heteroatoms. The molecule has 1 aromatic heterocycles. The van der Waals surface area contributed by atoms with Crippen molar-refractivity contribution in [2.75, 3.05) is 11.9 Å². The second kappa shape index (κ2) is 3.92. The Hall–Kier alpha value is -1.16. The highest BCUT2D eigenvalue weighted by Gasteiger charge is 2.29. The lowest BCUT2D eigenvalue weighted by Gasteiger charge is -2.10. The number of anilines is 1. The Morgan fingerprint density at radius 1 is 1.64 bits per heavy atom. The van der Waals surface area contributed by atoms with E-state index in [1.807, 2.05) is 13.0 Å². The monoisotopic (exact) mass is 193 g/mol. The largest absolute Gasteiger partial charge is 0.391 e. The number of hydrogen-bond donors (Lipinski definition) is 2. The summed E-state index contributed by atoms with van der Waals surface area (Å²) >= 11 is 0. The fourth-order valence-corrected chi connectivity index (χ4v) is 1.41. The summed E-state index contributed by atoms with van der Waals surface area (Å²) in [6, 6.07) is 1.92. The predicted molar refractivity (Wildman–Crippen MR) is 54.0 cm³/mol. The van der Waals surface area contributed by atoms with E-state index in [1.165, 1.54) is 0 Å². The Kier molecular flexibility index (Phi) is 2.63. The third kappa shape index (κ3) is 2.42. The minimum atomic E-state index is -0.239. The molecule has 2 rings (SSSR count). The van der Waals surface area contributed by atoms with Crippen LogP contribution in [0.4, 0.5) is 5.82 Å². The average molecular weight is 193 g/mol. The predicted octanol–water partition coefficient (Wildman–Crippen LogP) is 0.968. The summed E-state index contributed by atoms with van der Waals surface area (Å²) in [5.41, 5.74) is 1.07. The molecule has 14 heavy (non-hydrogen) atoms. The van der Waals surface area contributed by atoms with Gasteiger partial charge in [-0.3, -0.25) is 0 Å². The van der Waals surface area contributed by atoms with Crippen LogP contribution in [0.1, 0.15) is 18.4 Å². The van der Waals surface area contributed by atoms with Crippen LogP contribution in [0.3, 0.4) is 0 Å². The molecule has 1 aromatic rings. The molecule has 0 bridgehead atoms. The third-order valence-corrected chi connectivity index (χ3v) is 2.45. The van der Waals surface area contributed by atoms with Crippen LogP contribution in [0.2, 0.25) is 0 Å². The molecule has 0 radical (unpaired) electrons. The number of hydrogen-bond acceptors (Lipinski definition) is 4. The summed E-state index contributed by atoms with van der Waals surface area (Å²) < 4.78 is 0. The summed E-state index contributed by atoms with van der Waals surface area (Å²) in [6.45, 7) is 2.54. The van der Waals surface area contributed by atoms with Gasteiger partial charge in [0.15, 0.2) is 0 Å². The quantitative estimate of drug-likeness (QED) is 0.748. The summed E-state index contributed by atoms with van der Waals surface area (Å²) in [5, 5.41) is 20.4. The standard InChI is InChI=1S/C10H15N3O/c1-7-4-10(13-12-5-7)11-6-9(14)8-2-3-8/h4-5,8-9,14H,2-3,6H2,1H3,(H,11,13). The van der Waals surface area contributed by atoms with Crippen molar-refractivity contribution >= 4 is 5.82 Å². The average Bonchev–Trinajstić information content (AvgIpc) is 2.97. The third-order valence-electron chi connectivity index (χ3n) is 2.45. The lowest BCUT2D eigenvalue weighted by Crippen LogP contribution is -2.21. The van der Waals surface area contributed by atoms with Crippen LogP contribution in [0, 0.1) is 12.8 Å². The molecule has 0 saturated heterocycles. The highest BCUT2D eigenvalue weighted by Crippen LogP contribution is 2.32. The van der Waals surface area contributed by atoms with Gasteiger partial charge in [0.05, 0.1) is 12.3 Å². The SMILES string of the molecule is Cc1cnnc(NCC(O)C2CC2)c1. The zero-order valence-electron chi connectivity index (χ0n) is 8.27. The minimum absolute atomic E-state index is 0.239. The molecule has 1 aliphatic carbocycles. The van der Waals surface area contributed by atoms with Crippen molar-refractivity contribution in [2.45, 2.75) is 25.9 Å². The van der Waals surface area contributed by atoms with Gasteiger partial charge in [0.2, 0.25) is 0 Å². The Balaban J connectivity index is 1.84. The molecule has 1 fully saturated rings. The highest BCUT2D eigenvalue weighted by atomic mass is 16.3. The number of aliphatic hydroxyl groups is 1. The Bertz CT molecular complexity index is 312. The Morgan fingerprint density at radius 2 is 2.43 bits per heavy atom. The van der Waals surface area contributed by atoms with Crippen LogP contribution in [0.15, 0.2) is 12.3 Å². The first-order valence-corrected chi connectivity index (χ1v) is 4.97. The summed E-state index contributed by atoms with van der Waals surface area (Å²) in [7, 11) is 0. The maximum Gasteiger partial charge on any atom is 0.148 e. The first-order chi connectivity index (χ1) is 6.75. The van der Waals surface area contributed by atoms with E-state index in [0.717, 1.165) is 24.2 Å². The number of nitrogens with one attached hydrogen (secondary N) is 1. The van der Waals surface area contributed by atoms with Crippen molar-refractivity contribution in [1.82, 2.24) is 10.2 Å².